The molecule has 4 rings (SSSR count). The predicted octanol–water partition coefficient (Wildman–Crippen LogP) is 8.06. The molecule has 0 bridgehead atoms. The Kier molecular flexibility index (Phi) is 7.71. The molecular weight excluding hydrogens is 400 g/mol. The standard InChI is InChI=1S/C28H26S2/c1-3-7-23(8-4-1)11-13-25-15-19-27(20-16-25)29-30-28-21-17-26(18-22-28)14-12-24-9-5-2-6-10-24/h1-10,15-22H,11-14H2. The van der Waals surface area contributed by atoms with Crippen molar-refractivity contribution < 1.29 is 0 Å². The average molecular weight is 427 g/mol. The molecular formula is C28H26S2. The van der Waals surface area contributed by atoms with Crippen LogP contribution in [0, 0.1) is 0 Å². The van der Waals surface area contributed by atoms with Crippen LogP contribution in [0.15, 0.2) is 119 Å². The van der Waals surface area contributed by atoms with Gasteiger partial charge in [0.2, 0.25) is 0 Å². The van der Waals surface area contributed by atoms with Crippen molar-refractivity contribution in [3.8, 4) is 0 Å². The lowest BCUT2D eigenvalue weighted by Crippen LogP contribution is -1.90. The van der Waals surface area contributed by atoms with Crippen LogP contribution in [0.2, 0.25) is 0 Å². The number of hydrogen-bond donors (Lipinski definition) is 0. The van der Waals surface area contributed by atoms with Crippen LogP contribution in [0.25, 0.3) is 0 Å². The van der Waals surface area contributed by atoms with Gasteiger partial charge >= 0.3 is 0 Å². The predicted molar refractivity (Wildman–Crippen MR) is 132 cm³/mol. The van der Waals surface area contributed by atoms with Gasteiger partial charge in [-0.15, -0.1) is 0 Å². The zero-order valence-electron chi connectivity index (χ0n) is 17.0. The van der Waals surface area contributed by atoms with Gasteiger partial charge in [0.15, 0.2) is 0 Å². The van der Waals surface area contributed by atoms with Gasteiger partial charge in [0, 0.05) is 9.79 Å². The molecule has 2 heteroatoms. The van der Waals surface area contributed by atoms with Crippen LogP contribution >= 0.6 is 21.6 Å². The van der Waals surface area contributed by atoms with Gasteiger partial charge in [-0.3, -0.25) is 0 Å². The monoisotopic (exact) mass is 426 g/mol. The van der Waals surface area contributed by atoms with E-state index in [0.717, 1.165) is 25.7 Å². The third-order valence-corrected chi connectivity index (χ3v) is 7.59. The van der Waals surface area contributed by atoms with E-state index < -0.39 is 0 Å². The zero-order chi connectivity index (χ0) is 20.4. The fourth-order valence-corrected chi connectivity index (χ4v) is 5.32. The molecule has 0 spiro atoms. The van der Waals surface area contributed by atoms with Gasteiger partial charge in [0.25, 0.3) is 0 Å². The van der Waals surface area contributed by atoms with Crippen LogP contribution < -0.4 is 0 Å². The highest BCUT2D eigenvalue weighted by atomic mass is 33.1. The maximum atomic E-state index is 2.26. The van der Waals surface area contributed by atoms with Gasteiger partial charge in [0.05, 0.1) is 0 Å². The second kappa shape index (κ2) is 11.1. The first-order valence-electron chi connectivity index (χ1n) is 10.5. The molecule has 150 valence electrons. The molecule has 0 saturated heterocycles. The molecule has 0 aromatic heterocycles. The summed E-state index contributed by atoms with van der Waals surface area (Å²) in [5.41, 5.74) is 5.60. The molecule has 4 aromatic carbocycles. The summed E-state index contributed by atoms with van der Waals surface area (Å²) in [5, 5.41) is 0. The first-order chi connectivity index (χ1) is 14.8. The molecule has 0 radical (unpaired) electrons. The van der Waals surface area contributed by atoms with Crippen LogP contribution in [0.5, 0.6) is 0 Å². The fraction of sp³-hybridized carbons (Fsp3) is 0.143. The summed E-state index contributed by atoms with van der Waals surface area (Å²) in [4.78, 5) is 2.60. The van der Waals surface area contributed by atoms with Gasteiger partial charge in [-0.05, 0) is 72.2 Å². The summed E-state index contributed by atoms with van der Waals surface area (Å²) in [5.74, 6) is 0. The van der Waals surface area contributed by atoms with E-state index in [9.17, 15) is 0 Å². The molecule has 0 atom stereocenters. The maximum Gasteiger partial charge on any atom is 0.0186 e. The van der Waals surface area contributed by atoms with E-state index in [0.29, 0.717) is 0 Å². The molecule has 0 saturated carbocycles. The Morgan fingerprint density at radius 3 is 0.967 bits per heavy atom. The van der Waals surface area contributed by atoms with Crippen molar-refractivity contribution in [1.29, 1.82) is 0 Å². The molecule has 0 nitrogen and oxygen atoms in total. The summed E-state index contributed by atoms with van der Waals surface area (Å²) in [6, 6.07) is 39.4. The normalized spacial score (nSPS) is 10.8. The molecule has 0 N–H and O–H groups in total. The van der Waals surface area contributed by atoms with Crippen molar-refractivity contribution in [2.24, 2.45) is 0 Å². The van der Waals surface area contributed by atoms with Crippen LogP contribution in [0.3, 0.4) is 0 Å². The van der Waals surface area contributed by atoms with E-state index >= 15 is 0 Å². The molecule has 0 fully saturated rings. The summed E-state index contributed by atoms with van der Waals surface area (Å²) < 4.78 is 0. The Hall–Kier alpha value is -2.42. The smallest absolute Gasteiger partial charge is 0.0186 e. The van der Waals surface area contributed by atoms with Gasteiger partial charge in [0.1, 0.15) is 0 Å². The highest BCUT2D eigenvalue weighted by Crippen LogP contribution is 2.37. The number of benzene rings is 4. The Morgan fingerprint density at radius 2 is 0.633 bits per heavy atom. The lowest BCUT2D eigenvalue weighted by atomic mass is 10.0. The highest BCUT2D eigenvalue weighted by Gasteiger charge is 2.01. The van der Waals surface area contributed by atoms with Gasteiger partial charge in [-0.2, -0.15) is 0 Å². The molecule has 0 aliphatic carbocycles. The second-order valence-electron chi connectivity index (χ2n) is 7.43. The van der Waals surface area contributed by atoms with Crippen LogP contribution in [-0.2, 0) is 25.7 Å². The Labute approximate surface area is 188 Å². The van der Waals surface area contributed by atoms with Crippen molar-refractivity contribution in [2.45, 2.75) is 35.5 Å². The first-order valence-corrected chi connectivity index (χ1v) is 12.6. The van der Waals surface area contributed by atoms with Crippen molar-refractivity contribution >= 4 is 21.6 Å². The third kappa shape index (κ3) is 6.55. The zero-order valence-corrected chi connectivity index (χ0v) is 18.7. The van der Waals surface area contributed by atoms with Crippen LogP contribution in [0.4, 0.5) is 0 Å². The van der Waals surface area contributed by atoms with E-state index in [-0.39, 0.29) is 0 Å². The minimum atomic E-state index is 1.09. The average Bonchev–Trinajstić information content (AvgIpc) is 2.83. The van der Waals surface area contributed by atoms with Crippen LogP contribution in [-0.4, -0.2) is 0 Å². The van der Waals surface area contributed by atoms with Crippen molar-refractivity contribution in [3.05, 3.63) is 131 Å². The quantitative estimate of drug-likeness (QED) is 0.248. The summed E-state index contributed by atoms with van der Waals surface area (Å²) in [6.07, 6.45) is 4.37. The minimum absolute atomic E-state index is 1.09. The van der Waals surface area contributed by atoms with Crippen LogP contribution in [0.1, 0.15) is 22.3 Å². The van der Waals surface area contributed by atoms with E-state index in [1.807, 2.05) is 21.6 Å². The summed E-state index contributed by atoms with van der Waals surface area (Å²) in [7, 11) is 3.66. The number of rotatable bonds is 9. The van der Waals surface area contributed by atoms with E-state index in [4.69, 9.17) is 0 Å². The van der Waals surface area contributed by atoms with Crippen molar-refractivity contribution in [3.63, 3.8) is 0 Å². The van der Waals surface area contributed by atoms with E-state index in [1.54, 1.807) is 0 Å². The molecule has 4 aromatic rings. The second-order valence-corrected chi connectivity index (χ2v) is 9.70. The summed E-state index contributed by atoms with van der Waals surface area (Å²) in [6.45, 7) is 0. The lowest BCUT2D eigenvalue weighted by molar-refractivity contribution is 0.958. The Balaban J connectivity index is 1.23. The maximum absolute atomic E-state index is 2.26. The largest absolute Gasteiger partial charge is 0.0622 e. The third-order valence-electron chi connectivity index (χ3n) is 5.17. The van der Waals surface area contributed by atoms with Gasteiger partial charge in [-0.1, -0.05) is 107 Å². The number of hydrogen-bond acceptors (Lipinski definition) is 2. The Bertz CT molecular complexity index is 921. The van der Waals surface area contributed by atoms with Crippen molar-refractivity contribution in [1.82, 2.24) is 0 Å². The van der Waals surface area contributed by atoms with Gasteiger partial charge < -0.3 is 0 Å². The topological polar surface area (TPSA) is 0 Å². The van der Waals surface area contributed by atoms with Crippen molar-refractivity contribution in [2.75, 3.05) is 0 Å². The van der Waals surface area contributed by atoms with Gasteiger partial charge in [-0.25, -0.2) is 0 Å². The minimum Gasteiger partial charge on any atom is -0.0622 e. The molecule has 0 heterocycles. The molecule has 0 amide bonds. The highest BCUT2D eigenvalue weighted by molar-refractivity contribution is 8.76. The van der Waals surface area contributed by atoms with E-state index in [2.05, 4.69) is 109 Å². The Morgan fingerprint density at radius 1 is 0.333 bits per heavy atom. The number of aryl methyl sites for hydroxylation is 4. The molecule has 0 aliphatic rings. The lowest BCUT2D eigenvalue weighted by Gasteiger charge is -2.06. The fourth-order valence-electron chi connectivity index (χ4n) is 3.39. The SMILES string of the molecule is c1ccc(CCc2ccc(SSc3ccc(CCc4ccccc4)cc3)cc2)cc1. The molecule has 0 unspecified atom stereocenters. The molecule has 30 heavy (non-hydrogen) atoms. The summed E-state index contributed by atoms with van der Waals surface area (Å²) >= 11 is 0. The first kappa shape index (κ1) is 20.8. The van der Waals surface area contributed by atoms with E-state index in [1.165, 1.54) is 32.0 Å². The molecule has 0 aliphatic heterocycles.